The van der Waals surface area contributed by atoms with Gasteiger partial charge in [0.1, 0.15) is 19.3 Å². The molecule has 270 valence electrons. The minimum atomic E-state index is -1.03. The average Bonchev–Trinajstić information content (AvgIpc) is 3.42. The lowest BCUT2D eigenvalue weighted by molar-refractivity contribution is -0.152. The molecule has 1 aliphatic rings. The SMILES string of the molecule is CCCCCCCCCCCCCCCCC(=O)OC[C@@H](O)COC(=O)CCC/C=C\C[C@H]1C=CC(=O)[C@@H]1/C=C/[C@@H](O)CCCCC. The summed E-state index contributed by atoms with van der Waals surface area (Å²) in [4.78, 5) is 36.3. The van der Waals surface area contributed by atoms with E-state index in [2.05, 4.69) is 13.8 Å². The summed E-state index contributed by atoms with van der Waals surface area (Å²) in [5, 5.41) is 20.2. The van der Waals surface area contributed by atoms with Crippen LogP contribution in [0.5, 0.6) is 0 Å². The summed E-state index contributed by atoms with van der Waals surface area (Å²) < 4.78 is 10.3. The molecule has 0 fully saturated rings. The second-order valence-corrected chi connectivity index (χ2v) is 13.4. The number of ketones is 1. The zero-order valence-electron chi connectivity index (χ0n) is 29.9. The van der Waals surface area contributed by atoms with Crippen molar-refractivity contribution in [3.63, 3.8) is 0 Å². The van der Waals surface area contributed by atoms with Crippen molar-refractivity contribution in [3.8, 4) is 0 Å². The summed E-state index contributed by atoms with van der Waals surface area (Å²) >= 11 is 0. The van der Waals surface area contributed by atoms with E-state index in [1.165, 1.54) is 70.6 Å². The van der Waals surface area contributed by atoms with Crippen LogP contribution in [0.25, 0.3) is 0 Å². The average molecular weight is 661 g/mol. The number of ether oxygens (including phenoxy) is 2. The molecule has 0 heterocycles. The maximum absolute atomic E-state index is 12.2. The molecule has 0 unspecified atom stereocenters. The number of hydrogen-bond acceptors (Lipinski definition) is 7. The van der Waals surface area contributed by atoms with E-state index >= 15 is 0 Å². The molecule has 0 amide bonds. The fraction of sp³-hybridized carbons (Fsp3) is 0.775. The van der Waals surface area contributed by atoms with E-state index in [1.54, 1.807) is 12.2 Å². The van der Waals surface area contributed by atoms with E-state index in [1.807, 2.05) is 24.3 Å². The van der Waals surface area contributed by atoms with Gasteiger partial charge in [0.2, 0.25) is 0 Å². The normalized spacial score (nSPS) is 17.6. The molecule has 7 nitrogen and oxygen atoms in total. The van der Waals surface area contributed by atoms with Crippen LogP contribution in [0.15, 0.2) is 36.5 Å². The first-order chi connectivity index (χ1) is 22.9. The molecule has 1 aliphatic carbocycles. The van der Waals surface area contributed by atoms with Crippen LogP contribution in [0, 0.1) is 11.8 Å². The highest BCUT2D eigenvalue weighted by atomic mass is 16.6. The predicted molar refractivity (Wildman–Crippen MR) is 191 cm³/mol. The Morgan fingerprint density at radius 3 is 1.81 bits per heavy atom. The summed E-state index contributed by atoms with van der Waals surface area (Å²) in [7, 11) is 0. The van der Waals surface area contributed by atoms with Crippen molar-refractivity contribution in [1.82, 2.24) is 0 Å². The molecule has 0 aliphatic heterocycles. The summed E-state index contributed by atoms with van der Waals surface area (Å²) in [6.07, 6.45) is 33.9. The highest BCUT2D eigenvalue weighted by molar-refractivity contribution is 5.95. The zero-order chi connectivity index (χ0) is 34.4. The van der Waals surface area contributed by atoms with E-state index in [0.717, 1.165) is 51.4 Å². The monoisotopic (exact) mass is 660 g/mol. The van der Waals surface area contributed by atoms with Gasteiger partial charge < -0.3 is 19.7 Å². The third kappa shape index (κ3) is 24.5. The lowest BCUT2D eigenvalue weighted by Gasteiger charge is -2.13. The first-order valence-electron chi connectivity index (χ1n) is 19.1. The Labute approximate surface area is 286 Å². The van der Waals surface area contributed by atoms with Crippen molar-refractivity contribution < 1.29 is 34.1 Å². The molecule has 0 saturated heterocycles. The van der Waals surface area contributed by atoms with Gasteiger partial charge in [0.15, 0.2) is 5.78 Å². The van der Waals surface area contributed by atoms with Crippen LogP contribution in [0.3, 0.4) is 0 Å². The van der Waals surface area contributed by atoms with E-state index in [4.69, 9.17) is 9.47 Å². The van der Waals surface area contributed by atoms with Crippen LogP contribution in [-0.4, -0.2) is 53.4 Å². The van der Waals surface area contributed by atoms with Gasteiger partial charge in [-0.2, -0.15) is 0 Å². The second-order valence-electron chi connectivity index (χ2n) is 13.4. The van der Waals surface area contributed by atoms with Gasteiger partial charge in [-0.25, -0.2) is 0 Å². The molecule has 0 radical (unpaired) electrons. The van der Waals surface area contributed by atoms with Crippen molar-refractivity contribution in [3.05, 3.63) is 36.5 Å². The highest BCUT2D eigenvalue weighted by Gasteiger charge is 2.26. The van der Waals surface area contributed by atoms with Gasteiger partial charge in [-0.05, 0) is 44.1 Å². The first kappa shape index (κ1) is 42.8. The third-order valence-corrected chi connectivity index (χ3v) is 8.88. The van der Waals surface area contributed by atoms with E-state index in [9.17, 15) is 24.6 Å². The number of esters is 2. The Morgan fingerprint density at radius 1 is 0.723 bits per heavy atom. The fourth-order valence-corrected chi connectivity index (χ4v) is 5.84. The molecule has 7 heteroatoms. The van der Waals surface area contributed by atoms with Crippen molar-refractivity contribution in [2.45, 2.75) is 174 Å². The fourth-order valence-electron chi connectivity index (χ4n) is 5.84. The molecular weight excluding hydrogens is 592 g/mol. The standard InChI is InChI=1S/C40H68O7/c1-3-5-7-8-9-10-11-12-13-14-15-16-17-22-26-39(44)46-32-36(42)33-47-40(45)27-23-19-18-21-24-34-28-31-38(43)37(34)30-29-35(41)25-20-6-4-2/h18,21,28-31,34-37,41-42H,3-17,19-20,22-27,32-33H2,1-2H3/b21-18-,30-29+/t34-,35-,36+,37+/m0/s1. The number of hydrogen-bond donors (Lipinski definition) is 2. The minimum absolute atomic E-state index is 0.0742. The number of unbranched alkanes of at least 4 members (excludes halogenated alkanes) is 16. The number of aliphatic hydroxyl groups excluding tert-OH is 2. The molecule has 0 aromatic heterocycles. The summed E-state index contributed by atoms with van der Waals surface area (Å²) in [5.74, 6) is -0.785. The molecule has 0 aromatic carbocycles. The van der Waals surface area contributed by atoms with Crippen LogP contribution in [0.2, 0.25) is 0 Å². The molecule has 2 N–H and O–H groups in total. The van der Waals surface area contributed by atoms with Crippen LogP contribution in [0.4, 0.5) is 0 Å². The summed E-state index contributed by atoms with van der Waals surface area (Å²) in [6, 6.07) is 0. The van der Waals surface area contributed by atoms with Gasteiger partial charge in [-0.3, -0.25) is 14.4 Å². The van der Waals surface area contributed by atoms with Crippen LogP contribution < -0.4 is 0 Å². The molecular formula is C40H68O7. The topological polar surface area (TPSA) is 110 Å². The quantitative estimate of drug-likeness (QED) is 0.0433. The zero-order valence-corrected chi connectivity index (χ0v) is 29.9. The maximum atomic E-state index is 12.2. The Balaban J connectivity index is 2.01. The Morgan fingerprint density at radius 2 is 1.23 bits per heavy atom. The number of allylic oxidation sites excluding steroid dienone is 5. The van der Waals surface area contributed by atoms with Gasteiger partial charge in [0.05, 0.1) is 6.10 Å². The van der Waals surface area contributed by atoms with E-state index in [0.29, 0.717) is 19.3 Å². The van der Waals surface area contributed by atoms with E-state index < -0.39 is 18.2 Å². The molecule has 0 bridgehead atoms. The number of carbonyl (C=O) groups excluding carboxylic acids is 3. The minimum Gasteiger partial charge on any atom is -0.463 e. The molecule has 47 heavy (non-hydrogen) atoms. The highest BCUT2D eigenvalue weighted by Crippen LogP contribution is 2.27. The third-order valence-electron chi connectivity index (χ3n) is 8.88. The van der Waals surface area contributed by atoms with Crippen molar-refractivity contribution in [2.75, 3.05) is 13.2 Å². The van der Waals surface area contributed by atoms with Crippen molar-refractivity contribution in [2.24, 2.45) is 11.8 Å². The second kappa shape index (κ2) is 29.9. The van der Waals surface area contributed by atoms with Gasteiger partial charge in [-0.1, -0.05) is 147 Å². The molecule has 4 atom stereocenters. The van der Waals surface area contributed by atoms with Crippen LogP contribution >= 0.6 is 0 Å². The van der Waals surface area contributed by atoms with Crippen molar-refractivity contribution in [1.29, 1.82) is 0 Å². The molecule has 1 rings (SSSR count). The summed E-state index contributed by atoms with van der Waals surface area (Å²) in [6.45, 7) is 4.03. The lowest BCUT2D eigenvalue weighted by atomic mass is 9.90. The lowest BCUT2D eigenvalue weighted by Crippen LogP contribution is -2.25. The molecule has 0 spiro atoms. The molecule has 0 saturated carbocycles. The van der Waals surface area contributed by atoms with Gasteiger partial charge in [0.25, 0.3) is 0 Å². The largest absolute Gasteiger partial charge is 0.463 e. The Kier molecular flexibility index (Phi) is 27.2. The number of rotatable bonds is 31. The van der Waals surface area contributed by atoms with Gasteiger partial charge in [0, 0.05) is 18.8 Å². The van der Waals surface area contributed by atoms with Crippen molar-refractivity contribution >= 4 is 17.7 Å². The van der Waals surface area contributed by atoms with Gasteiger partial charge in [-0.15, -0.1) is 0 Å². The number of carbonyl (C=O) groups is 3. The molecule has 0 aromatic rings. The van der Waals surface area contributed by atoms with Crippen LogP contribution in [0.1, 0.15) is 162 Å². The van der Waals surface area contributed by atoms with E-state index in [-0.39, 0.29) is 43.2 Å². The van der Waals surface area contributed by atoms with Gasteiger partial charge >= 0.3 is 11.9 Å². The van der Waals surface area contributed by atoms with Crippen LogP contribution in [-0.2, 0) is 23.9 Å². The smallest absolute Gasteiger partial charge is 0.305 e. The summed E-state index contributed by atoms with van der Waals surface area (Å²) in [5.41, 5.74) is 0. The Hall–Kier alpha value is -2.25. The Bertz CT molecular complexity index is 893. The number of aliphatic hydroxyl groups is 2. The first-order valence-corrected chi connectivity index (χ1v) is 19.1. The maximum Gasteiger partial charge on any atom is 0.305 e. The predicted octanol–water partition coefficient (Wildman–Crippen LogP) is 9.29.